The van der Waals surface area contributed by atoms with Gasteiger partial charge in [0.15, 0.2) is 0 Å². The van der Waals surface area contributed by atoms with E-state index < -0.39 is 17.2 Å². The maximum Gasteiger partial charge on any atom is 0.397 e. The third-order valence-corrected chi connectivity index (χ3v) is 9.24. The summed E-state index contributed by atoms with van der Waals surface area (Å²) in [7, 11) is -2.77. The van der Waals surface area contributed by atoms with E-state index in [1.165, 1.54) is 89.9 Å². The van der Waals surface area contributed by atoms with Crippen LogP contribution in [0.3, 0.4) is 0 Å². The van der Waals surface area contributed by atoms with Crippen LogP contribution in [0.1, 0.15) is 118 Å². The van der Waals surface area contributed by atoms with Crippen LogP contribution in [0.5, 0.6) is 11.5 Å². The molecule has 2 aromatic rings. The zero-order valence-electron chi connectivity index (χ0n) is 27.3. The monoisotopic (exact) mass is 636 g/mol. The summed E-state index contributed by atoms with van der Waals surface area (Å²) in [5, 5.41) is 0. The first-order valence-corrected chi connectivity index (χ1v) is 18.9. The molecule has 0 saturated carbocycles. The van der Waals surface area contributed by atoms with E-state index in [2.05, 4.69) is 27.7 Å². The Morgan fingerprint density at radius 1 is 0.465 bits per heavy atom. The van der Waals surface area contributed by atoms with Crippen molar-refractivity contribution in [3.8, 4) is 11.5 Å². The smallest absolute Gasteiger partial charge is 0.397 e. The summed E-state index contributed by atoms with van der Waals surface area (Å²) in [6.45, 7) is 10.9. The predicted molar refractivity (Wildman–Crippen MR) is 182 cm³/mol. The van der Waals surface area contributed by atoms with Crippen molar-refractivity contribution >= 4 is 17.2 Å². The van der Waals surface area contributed by atoms with E-state index in [1.807, 2.05) is 60.7 Å². The molecule has 4 rings (SSSR count). The largest absolute Gasteiger partial charge is 0.427 e. The lowest BCUT2D eigenvalue weighted by atomic mass is 9.93. The van der Waals surface area contributed by atoms with Gasteiger partial charge in [-0.2, -0.15) is 0 Å². The molecular formula is C35H58O6P2. The quantitative estimate of drug-likeness (QED) is 0.135. The first-order valence-electron chi connectivity index (χ1n) is 16.7. The Morgan fingerprint density at radius 2 is 0.744 bits per heavy atom. The van der Waals surface area contributed by atoms with Gasteiger partial charge in [-0.1, -0.05) is 154 Å². The van der Waals surface area contributed by atoms with Crippen molar-refractivity contribution in [2.75, 3.05) is 26.4 Å². The van der Waals surface area contributed by atoms with Crippen LogP contribution in [0.2, 0.25) is 0 Å². The second-order valence-electron chi connectivity index (χ2n) is 11.4. The molecule has 0 bridgehead atoms. The first kappa shape index (κ1) is 37.9. The molecule has 0 amide bonds. The number of unbranched alkanes of at least 4 members (excludes halogenated alkanes) is 12. The lowest BCUT2D eigenvalue weighted by Gasteiger charge is -2.41. The zero-order chi connectivity index (χ0) is 30.9. The van der Waals surface area contributed by atoms with Gasteiger partial charge in [-0.05, 0) is 24.3 Å². The van der Waals surface area contributed by atoms with E-state index in [0.29, 0.717) is 26.4 Å². The van der Waals surface area contributed by atoms with Crippen LogP contribution >= 0.6 is 17.2 Å². The highest BCUT2D eigenvalue weighted by Gasteiger charge is 2.44. The Morgan fingerprint density at radius 3 is 1.02 bits per heavy atom. The standard InChI is InChI=1S/C17H18O6P2.2C9H20/c1-3-7-15(8-4-1)22-24-18-11-17(12-19-24)13-20-25(21-14-17)23-16-9-5-2-6-10-16;2*1-3-5-7-9-8-6-4-2/h1-10H,11-14H2;2*3-9H2,1-2H3. The van der Waals surface area contributed by atoms with Crippen LogP contribution < -0.4 is 9.05 Å². The summed E-state index contributed by atoms with van der Waals surface area (Å²) in [5.74, 6) is 1.47. The van der Waals surface area contributed by atoms with Crippen LogP contribution in [-0.2, 0) is 18.1 Å². The topological polar surface area (TPSA) is 55.4 Å². The molecule has 6 nitrogen and oxygen atoms in total. The minimum atomic E-state index is -1.39. The van der Waals surface area contributed by atoms with E-state index >= 15 is 0 Å². The van der Waals surface area contributed by atoms with Gasteiger partial charge in [0.1, 0.15) is 11.5 Å². The third-order valence-electron chi connectivity index (χ3n) is 7.17. The van der Waals surface area contributed by atoms with Gasteiger partial charge in [-0.25, -0.2) is 0 Å². The molecule has 2 aliphatic heterocycles. The van der Waals surface area contributed by atoms with Crippen LogP contribution in [-0.4, -0.2) is 26.4 Å². The summed E-state index contributed by atoms with van der Waals surface area (Å²) in [4.78, 5) is 0. The third kappa shape index (κ3) is 17.7. The van der Waals surface area contributed by atoms with Gasteiger partial charge in [-0.15, -0.1) is 0 Å². The van der Waals surface area contributed by atoms with Crippen molar-refractivity contribution in [2.24, 2.45) is 5.41 Å². The van der Waals surface area contributed by atoms with Gasteiger partial charge < -0.3 is 27.1 Å². The molecule has 0 N–H and O–H groups in total. The van der Waals surface area contributed by atoms with Crippen LogP contribution in [0.4, 0.5) is 0 Å². The maximum absolute atomic E-state index is 5.76. The summed E-state index contributed by atoms with van der Waals surface area (Å²) < 4.78 is 34.4. The van der Waals surface area contributed by atoms with E-state index in [9.17, 15) is 0 Å². The molecule has 2 saturated heterocycles. The van der Waals surface area contributed by atoms with Crippen LogP contribution in [0.25, 0.3) is 0 Å². The Kier molecular flexibility index (Phi) is 22.0. The van der Waals surface area contributed by atoms with E-state index in [1.54, 1.807) is 0 Å². The normalized spacial score (nSPS) is 21.2. The molecule has 2 aromatic carbocycles. The molecule has 43 heavy (non-hydrogen) atoms. The number of rotatable bonds is 16. The number of benzene rings is 2. The van der Waals surface area contributed by atoms with Crippen LogP contribution in [0.15, 0.2) is 60.7 Å². The molecule has 2 heterocycles. The Balaban J connectivity index is 0.000000297. The molecule has 2 fully saturated rings. The molecule has 0 aliphatic carbocycles. The average Bonchev–Trinajstić information content (AvgIpc) is 3.05. The SMILES string of the molecule is CCCCCCCCC.CCCCCCCCC.c1ccc(OP2OCC3(CO2)COP(Oc2ccccc2)OC3)cc1. The van der Waals surface area contributed by atoms with Gasteiger partial charge in [-0.3, -0.25) is 0 Å². The number of para-hydroxylation sites is 2. The molecule has 0 aromatic heterocycles. The Hall–Kier alpha value is -1.26. The van der Waals surface area contributed by atoms with E-state index in [-0.39, 0.29) is 5.41 Å². The minimum Gasteiger partial charge on any atom is -0.427 e. The molecule has 2 aliphatic rings. The second-order valence-corrected chi connectivity index (χ2v) is 13.7. The van der Waals surface area contributed by atoms with Crippen molar-refractivity contribution in [1.82, 2.24) is 0 Å². The highest BCUT2D eigenvalue weighted by Crippen LogP contribution is 2.52. The summed E-state index contributed by atoms with van der Waals surface area (Å²) >= 11 is 0. The average molecular weight is 637 g/mol. The lowest BCUT2D eigenvalue weighted by Crippen LogP contribution is -2.45. The molecule has 8 heteroatoms. The van der Waals surface area contributed by atoms with Crippen molar-refractivity contribution < 1.29 is 27.1 Å². The molecule has 0 unspecified atom stereocenters. The maximum atomic E-state index is 5.76. The Bertz CT molecular complexity index is 783. The van der Waals surface area contributed by atoms with Gasteiger partial charge in [0.25, 0.3) is 0 Å². The molecule has 0 atom stereocenters. The fraction of sp³-hybridized carbons (Fsp3) is 0.657. The van der Waals surface area contributed by atoms with Gasteiger partial charge in [0, 0.05) is 0 Å². The van der Waals surface area contributed by atoms with Gasteiger partial charge >= 0.3 is 17.2 Å². The fourth-order valence-corrected chi connectivity index (χ4v) is 6.85. The minimum absolute atomic E-state index is 0.308. The fourth-order valence-electron chi connectivity index (χ4n) is 4.38. The van der Waals surface area contributed by atoms with Crippen molar-refractivity contribution in [3.05, 3.63) is 60.7 Å². The predicted octanol–water partition coefficient (Wildman–Crippen LogP) is 12.2. The molecular weight excluding hydrogens is 578 g/mol. The second kappa shape index (κ2) is 25.0. The summed E-state index contributed by atoms with van der Waals surface area (Å²) in [5.41, 5.74) is -0.308. The zero-order valence-corrected chi connectivity index (χ0v) is 29.1. The highest BCUT2D eigenvalue weighted by molar-refractivity contribution is 7.42. The highest BCUT2D eigenvalue weighted by atomic mass is 31.2. The molecule has 244 valence electrons. The van der Waals surface area contributed by atoms with E-state index in [4.69, 9.17) is 27.1 Å². The van der Waals surface area contributed by atoms with E-state index in [0.717, 1.165) is 11.5 Å². The summed E-state index contributed by atoms with van der Waals surface area (Å²) in [6, 6.07) is 19.0. The first-order chi connectivity index (χ1) is 21.1. The Labute approximate surface area is 265 Å². The van der Waals surface area contributed by atoms with Crippen molar-refractivity contribution in [3.63, 3.8) is 0 Å². The van der Waals surface area contributed by atoms with Crippen LogP contribution in [0, 0.1) is 5.41 Å². The van der Waals surface area contributed by atoms with Crippen molar-refractivity contribution in [2.45, 2.75) is 118 Å². The number of hydrogen-bond acceptors (Lipinski definition) is 6. The van der Waals surface area contributed by atoms with Gasteiger partial charge in [0.05, 0.1) is 31.8 Å². The molecule has 0 radical (unpaired) electrons. The van der Waals surface area contributed by atoms with Gasteiger partial charge in [0.2, 0.25) is 0 Å². The number of hydrogen-bond donors (Lipinski definition) is 0. The lowest BCUT2D eigenvalue weighted by molar-refractivity contribution is -0.0672. The molecule has 1 spiro atoms. The summed E-state index contributed by atoms with van der Waals surface area (Å²) in [6.07, 6.45) is 19.9. The van der Waals surface area contributed by atoms with Crippen molar-refractivity contribution in [1.29, 1.82) is 0 Å².